The number of fused-ring (bicyclic) bond motifs is 2. The highest BCUT2D eigenvalue weighted by Gasteiger charge is 2.23. The number of carbonyl (C=O) groups is 1. The van der Waals surface area contributed by atoms with Crippen molar-refractivity contribution in [1.82, 2.24) is 25.1 Å². The topological polar surface area (TPSA) is 92.7 Å². The monoisotopic (exact) mass is 403 g/mol. The van der Waals surface area contributed by atoms with Crippen molar-refractivity contribution in [3.63, 3.8) is 0 Å². The van der Waals surface area contributed by atoms with Gasteiger partial charge in [0.1, 0.15) is 5.82 Å². The Morgan fingerprint density at radius 1 is 1.10 bits per heavy atom. The van der Waals surface area contributed by atoms with Crippen LogP contribution in [0, 0.1) is 5.92 Å². The van der Waals surface area contributed by atoms with Crippen LogP contribution >= 0.6 is 0 Å². The van der Waals surface area contributed by atoms with E-state index in [1.165, 1.54) is 4.68 Å². The summed E-state index contributed by atoms with van der Waals surface area (Å²) in [5.41, 5.74) is 1.84. The number of imidazole rings is 1. The van der Waals surface area contributed by atoms with E-state index in [0.717, 1.165) is 17.5 Å². The zero-order chi connectivity index (χ0) is 21.3. The maximum Gasteiger partial charge on any atom is 0.274 e. The van der Waals surface area contributed by atoms with E-state index in [0.29, 0.717) is 29.1 Å². The summed E-state index contributed by atoms with van der Waals surface area (Å²) >= 11 is 0. The van der Waals surface area contributed by atoms with E-state index in [1.807, 2.05) is 31.2 Å². The molecule has 1 atom stereocenters. The maximum atomic E-state index is 13.3. The Balaban J connectivity index is 1.74. The average molecular weight is 403 g/mol. The third-order valence-electron chi connectivity index (χ3n) is 5.13. The molecule has 2 aromatic heterocycles. The lowest BCUT2D eigenvalue weighted by molar-refractivity contribution is 0.0924. The van der Waals surface area contributed by atoms with E-state index in [9.17, 15) is 9.59 Å². The number of nitrogens with zero attached hydrogens (tertiary/aromatic N) is 3. The summed E-state index contributed by atoms with van der Waals surface area (Å²) in [6.45, 7) is 6.43. The van der Waals surface area contributed by atoms with Crippen molar-refractivity contribution in [1.29, 1.82) is 0 Å². The summed E-state index contributed by atoms with van der Waals surface area (Å²) in [7, 11) is 0. The van der Waals surface area contributed by atoms with Gasteiger partial charge in [0.05, 0.1) is 22.5 Å². The molecular weight excluding hydrogens is 378 g/mol. The molecule has 2 aromatic carbocycles. The third kappa shape index (κ3) is 3.70. The normalized spacial score (nSPS) is 12.5. The van der Waals surface area contributed by atoms with Crippen molar-refractivity contribution in [2.24, 2.45) is 5.92 Å². The van der Waals surface area contributed by atoms with Gasteiger partial charge in [-0.15, -0.1) is 0 Å². The summed E-state index contributed by atoms with van der Waals surface area (Å²) in [6, 6.07) is 14.6. The fourth-order valence-corrected chi connectivity index (χ4v) is 3.69. The van der Waals surface area contributed by atoms with Gasteiger partial charge in [0.15, 0.2) is 5.69 Å². The molecule has 0 saturated heterocycles. The Labute approximate surface area is 174 Å². The Kier molecular flexibility index (Phi) is 5.35. The van der Waals surface area contributed by atoms with Crippen molar-refractivity contribution in [3.8, 4) is 0 Å². The summed E-state index contributed by atoms with van der Waals surface area (Å²) in [4.78, 5) is 33.9. The number of hydrogen-bond donors (Lipinski definition) is 2. The number of carbonyl (C=O) groups excluding carboxylic acids is 1. The molecule has 1 amide bonds. The average Bonchev–Trinajstić information content (AvgIpc) is 3.17. The molecule has 0 unspecified atom stereocenters. The van der Waals surface area contributed by atoms with Crippen LogP contribution in [-0.4, -0.2) is 25.7 Å². The van der Waals surface area contributed by atoms with Crippen LogP contribution in [0.1, 0.15) is 49.5 Å². The quantitative estimate of drug-likeness (QED) is 0.512. The number of nitrogens with one attached hydrogen (secondary N) is 2. The van der Waals surface area contributed by atoms with Crippen LogP contribution in [0.15, 0.2) is 53.3 Å². The Morgan fingerprint density at radius 3 is 2.50 bits per heavy atom. The number of hydrogen-bond acceptors (Lipinski definition) is 4. The standard InChI is InChI=1S/C23H25N5O2/c1-4-28-23(30)16-10-6-5-9-15(16)20(27-28)22(29)26-19(13-14(2)3)21-24-17-11-7-8-12-18(17)25-21/h5-12,14,19H,4,13H2,1-3H3,(H,24,25)(H,26,29)/t19-/m0/s1. The van der Waals surface area contributed by atoms with Crippen LogP contribution in [0.25, 0.3) is 21.8 Å². The van der Waals surface area contributed by atoms with Gasteiger partial charge in [-0.1, -0.05) is 44.2 Å². The molecule has 0 fully saturated rings. The Hall–Kier alpha value is -3.48. The zero-order valence-corrected chi connectivity index (χ0v) is 17.3. The SMILES string of the molecule is CCn1nc(C(=O)N[C@@H](CC(C)C)c2nc3ccccc3[nH]2)c2ccccc2c1=O. The lowest BCUT2D eigenvalue weighted by Crippen LogP contribution is -2.33. The molecule has 30 heavy (non-hydrogen) atoms. The second-order valence-electron chi connectivity index (χ2n) is 7.81. The third-order valence-corrected chi connectivity index (χ3v) is 5.13. The molecule has 0 bridgehead atoms. The van der Waals surface area contributed by atoms with E-state index in [1.54, 1.807) is 24.3 Å². The van der Waals surface area contributed by atoms with E-state index >= 15 is 0 Å². The summed E-state index contributed by atoms with van der Waals surface area (Å²) in [5, 5.41) is 8.49. The van der Waals surface area contributed by atoms with E-state index < -0.39 is 0 Å². The van der Waals surface area contributed by atoms with Gasteiger partial charge in [-0.05, 0) is 37.5 Å². The van der Waals surface area contributed by atoms with Crippen LogP contribution in [0.4, 0.5) is 0 Å². The maximum absolute atomic E-state index is 13.3. The largest absolute Gasteiger partial charge is 0.341 e. The molecule has 7 nitrogen and oxygen atoms in total. The second kappa shape index (κ2) is 8.10. The number of aromatic amines is 1. The molecule has 4 aromatic rings. The highest BCUT2D eigenvalue weighted by molar-refractivity contribution is 6.04. The van der Waals surface area contributed by atoms with Crippen LogP contribution in [0.5, 0.6) is 0 Å². The Morgan fingerprint density at radius 2 is 1.80 bits per heavy atom. The number of H-pyrrole nitrogens is 1. The Bertz CT molecular complexity index is 1240. The lowest BCUT2D eigenvalue weighted by atomic mass is 10.0. The molecule has 2 heterocycles. The van der Waals surface area contributed by atoms with Gasteiger partial charge in [-0.3, -0.25) is 9.59 Å². The van der Waals surface area contributed by atoms with Gasteiger partial charge < -0.3 is 10.3 Å². The molecule has 0 saturated carbocycles. The summed E-state index contributed by atoms with van der Waals surface area (Å²) < 4.78 is 1.33. The number of aromatic nitrogens is 4. The van der Waals surface area contributed by atoms with Crippen LogP contribution in [0.3, 0.4) is 0 Å². The van der Waals surface area contributed by atoms with Crippen molar-refractivity contribution in [3.05, 3.63) is 70.4 Å². The van der Waals surface area contributed by atoms with E-state index in [-0.39, 0.29) is 23.2 Å². The predicted octanol–water partition coefficient (Wildman–Crippen LogP) is 3.81. The number of para-hydroxylation sites is 2. The molecule has 7 heteroatoms. The first-order valence-corrected chi connectivity index (χ1v) is 10.2. The van der Waals surface area contributed by atoms with Gasteiger partial charge in [0, 0.05) is 11.9 Å². The first-order chi connectivity index (χ1) is 14.5. The van der Waals surface area contributed by atoms with Gasteiger partial charge >= 0.3 is 0 Å². The molecule has 2 N–H and O–H groups in total. The van der Waals surface area contributed by atoms with Gasteiger partial charge in [-0.2, -0.15) is 5.10 Å². The summed E-state index contributed by atoms with van der Waals surface area (Å²) in [5.74, 6) is 0.740. The van der Waals surface area contributed by atoms with Crippen molar-refractivity contribution >= 4 is 27.7 Å². The highest BCUT2D eigenvalue weighted by Crippen LogP contribution is 2.23. The number of rotatable bonds is 6. The molecule has 0 aliphatic carbocycles. The number of benzene rings is 2. The molecule has 0 aliphatic heterocycles. The van der Waals surface area contributed by atoms with Crippen LogP contribution in [-0.2, 0) is 6.54 Å². The summed E-state index contributed by atoms with van der Waals surface area (Å²) in [6.07, 6.45) is 0.719. The molecule has 4 rings (SSSR count). The molecule has 154 valence electrons. The first-order valence-electron chi connectivity index (χ1n) is 10.2. The lowest BCUT2D eigenvalue weighted by Gasteiger charge is -2.19. The molecule has 0 spiro atoms. The molecule has 0 radical (unpaired) electrons. The molecular formula is C23H25N5O2. The fourth-order valence-electron chi connectivity index (χ4n) is 3.69. The van der Waals surface area contributed by atoms with Gasteiger partial charge in [0.25, 0.3) is 11.5 Å². The zero-order valence-electron chi connectivity index (χ0n) is 17.3. The minimum Gasteiger partial charge on any atom is -0.341 e. The second-order valence-corrected chi connectivity index (χ2v) is 7.81. The highest BCUT2D eigenvalue weighted by atomic mass is 16.2. The van der Waals surface area contributed by atoms with Crippen molar-refractivity contribution in [2.75, 3.05) is 0 Å². The van der Waals surface area contributed by atoms with E-state index in [4.69, 9.17) is 0 Å². The van der Waals surface area contributed by atoms with Crippen molar-refractivity contribution in [2.45, 2.75) is 39.8 Å². The van der Waals surface area contributed by atoms with Crippen LogP contribution < -0.4 is 10.9 Å². The van der Waals surface area contributed by atoms with E-state index in [2.05, 4.69) is 34.2 Å². The first kappa shape index (κ1) is 19.8. The molecule has 0 aliphatic rings. The predicted molar refractivity (Wildman–Crippen MR) is 117 cm³/mol. The minimum absolute atomic E-state index is 0.194. The fraction of sp³-hybridized carbons (Fsp3) is 0.304. The van der Waals surface area contributed by atoms with Crippen molar-refractivity contribution < 1.29 is 4.79 Å². The van der Waals surface area contributed by atoms with Crippen LogP contribution in [0.2, 0.25) is 0 Å². The minimum atomic E-state index is -0.320. The van der Waals surface area contributed by atoms with Gasteiger partial charge in [0.2, 0.25) is 0 Å². The van der Waals surface area contributed by atoms with Gasteiger partial charge in [-0.25, -0.2) is 9.67 Å². The number of amides is 1. The number of aryl methyl sites for hydroxylation is 1. The smallest absolute Gasteiger partial charge is 0.274 e.